The number of hydrogen-bond donors (Lipinski definition) is 0. The highest BCUT2D eigenvalue weighted by atomic mass is 79.9. The van der Waals surface area contributed by atoms with Gasteiger partial charge in [0.1, 0.15) is 5.82 Å². The molecule has 17 heavy (non-hydrogen) atoms. The van der Waals surface area contributed by atoms with Gasteiger partial charge in [0.2, 0.25) is 5.91 Å². The minimum absolute atomic E-state index is 0.0457. The van der Waals surface area contributed by atoms with Crippen molar-refractivity contribution in [2.24, 2.45) is 0 Å². The van der Waals surface area contributed by atoms with Crippen LogP contribution in [0.2, 0.25) is 0 Å². The smallest absolute Gasteiger partial charge is 0.274 e. The maximum atomic E-state index is 13.0. The summed E-state index contributed by atoms with van der Waals surface area (Å²) >= 11 is 2.99. The molecule has 1 heterocycles. The molecule has 1 fully saturated rings. The Balaban J connectivity index is 2.36. The monoisotopic (exact) mass is 341 g/mol. The van der Waals surface area contributed by atoms with Crippen molar-refractivity contribution in [2.75, 3.05) is 0 Å². The molecule has 92 valence electrons. The highest BCUT2D eigenvalue weighted by Crippen LogP contribution is 2.39. The molecule has 8 heteroatoms. The van der Waals surface area contributed by atoms with Crippen LogP contribution in [0, 0.1) is 5.82 Å². The third-order valence-corrected chi connectivity index (χ3v) is 4.44. The van der Waals surface area contributed by atoms with E-state index in [9.17, 15) is 17.6 Å². The Morgan fingerprint density at radius 3 is 2.59 bits per heavy atom. The second-order valence-corrected chi connectivity index (χ2v) is 6.77. The van der Waals surface area contributed by atoms with Crippen molar-refractivity contribution in [2.45, 2.75) is 12.5 Å². The number of rotatable bonds is 2. The van der Waals surface area contributed by atoms with Crippen molar-refractivity contribution in [3.05, 3.63) is 34.1 Å². The maximum Gasteiger partial charge on any atom is 0.324 e. The minimum atomic E-state index is -4.09. The van der Waals surface area contributed by atoms with E-state index in [0.717, 1.165) is 0 Å². The Hall–Kier alpha value is -0.660. The molecule has 0 saturated carbocycles. The van der Waals surface area contributed by atoms with Gasteiger partial charge in [0.15, 0.2) is 0 Å². The molecule has 1 aromatic carbocycles. The van der Waals surface area contributed by atoms with E-state index in [4.69, 9.17) is 10.7 Å². The van der Waals surface area contributed by atoms with Crippen LogP contribution in [0.3, 0.4) is 0 Å². The molecule has 1 amide bonds. The summed E-state index contributed by atoms with van der Waals surface area (Å²) in [5.74, 6) is -1.02. The summed E-state index contributed by atoms with van der Waals surface area (Å²) in [6.07, 6.45) is 0.0457. The lowest BCUT2D eigenvalue weighted by Gasteiger charge is -2.37. The largest absolute Gasteiger partial charge is 0.324 e. The molecule has 2 rings (SSSR count). The van der Waals surface area contributed by atoms with Gasteiger partial charge in [0, 0.05) is 10.7 Å². The van der Waals surface area contributed by atoms with E-state index < -0.39 is 27.0 Å². The summed E-state index contributed by atoms with van der Waals surface area (Å²) in [6, 6.07) is 3.40. The minimum Gasteiger partial charge on any atom is -0.274 e. The van der Waals surface area contributed by atoms with Gasteiger partial charge in [-0.2, -0.15) is 8.42 Å². The van der Waals surface area contributed by atoms with Gasteiger partial charge in [0.25, 0.3) is 0 Å². The van der Waals surface area contributed by atoms with E-state index in [1.165, 1.54) is 18.2 Å². The molecule has 1 saturated heterocycles. The molecule has 0 aliphatic carbocycles. The fraction of sp³-hybridized carbons (Fsp3) is 0.222. The van der Waals surface area contributed by atoms with Crippen LogP contribution < -0.4 is 0 Å². The van der Waals surface area contributed by atoms with Gasteiger partial charge in [-0.15, -0.1) is 0 Å². The SMILES string of the molecule is O=C1CC(c2ccc(F)c(Br)c2)N1S(=O)(=O)Cl. The molecule has 4 nitrogen and oxygen atoms in total. The number of nitrogens with zero attached hydrogens (tertiary/aromatic N) is 1. The molecular formula is C9H6BrClFNO3S. The molecule has 0 N–H and O–H groups in total. The number of hydrogen-bond acceptors (Lipinski definition) is 3. The Morgan fingerprint density at radius 1 is 1.47 bits per heavy atom. The first-order valence-electron chi connectivity index (χ1n) is 4.52. The van der Waals surface area contributed by atoms with Crippen LogP contribution in [-0.2, 0) is 14.0 Å². The van der Waals surface area contributed by atoms with Gasteiger partial charge < -0.3 is 0 Å². The van der Waals surface area contributed by atoms with Crippen molar-refractivity contribution in [3.63, 3.8) is 0 Å². The van der Waals surface area contributed by atoms with E-state index in [0.29, 0.717) is 9.87 Å². The Kier molecular flexibility index (Phi) is 3.17. The van der Waals surface area contributed by atoms with Crippen molar-refractivity contribution in [3.8, 4) is 0 Å². The Bertz CT molecular complexity index is 592. The van der Waals surface area contributed by atoms with E-state index in [1.807, 2.05) is 0 Å². The second kappa shape index (κ2) is 4.22. The summed E-state index contributed by atoms with van der Waals surface area (Å²) in [5, 5.41) is 0. The summed E-state index contributed by atoms with van der Waals surface area (Å²) in [7, 11) is 1.05. The normalized spacial score (nSPS) is 20.3. The molecule has 0 spiro atoms. The van der Waals surface area contributed by atoms with Crippen molar-refractivity contribution < 1.29 is 17.6 Å². The third-order valence-electron chi connectivity index (χ3n) is 2.46. The quantitative estimate of drug-likeness (QED) is 0.612. The fourth-order valence-electron chi connectivity index (χ4n) is 1.65. The lowest BCUT2D eigenvalue weighted by atomic mass is 9.97. The lowest BCUT2D eigenvalue weighted by molar-refractivity contribution is -0.137. The Labute approximate surface area is 110 Å². The van der Waals surface area contributed by atoms with Gasteiger partial charge in [-0.05, 0) is 33.6 Å². The van der Waals surface area contributed by atoms with Crippen LogP contribution in [0.5, 0.6) is 0 Å². The van der Waals surface area contributed by atoms with E-state index >= 15 is 0 Å². The van der Waals surface area contributed by atoms with Crippen molar-refractivity contribution in [1.82, 2.24) is 4.31 Å². The molecule has 0 bridgehead atoms. The molecule has 1 aliphatic heterocycles. The first kappa shape index (κ1) is 12.8. The number of amides is 1. The fourth-order valence-corrected chi connectivity index (χ4v) is 3.38. The van der Waals surface area contributed by atoms with Gasteiger partial charge >= 0.3 is 9.24 Å². The van der Waals surface area contributed by atoms with Crippen LogP contribution >= 0.6 is 26.6 Å². The van der Waals surface area contributed by atoms with E-state index in [-0.39, 0.29) is 10.9 Å². The lowest BCUT2D eigenvalue weighted by Crippen LogP contribution is -2.47. The molecule has 0 aromatic heterocycles. The Morgan fingerprint density at radius 2 is 2.12 bits per heavy atom. The number of benzene rings is 1. The summed E-state index contributed by atoms with van der Waals surface area (Å²) in [6.45, 7) is 0. The van der Waals surface area contributed by atoms with Crippen LogP contribution in [-0.4, -0.2) is 18.6 Å². The standard InChI is InChI=1S/C9H6BrClFNO3S/c10-6-3-5(1-2-7(6)12)8-4-9(14)13(8)17(11,15)16/h1-3,8H,4H2. The van der Waals surface area contributed by atoms with Crippen LogP contribution in [0.4, 0.5) is 4.39 Å². The number of carbonyl (C=O) groups excluding carboxylic acids is 1. The molecule has 1 unspecified atom stereocenters. The maximum absolute atomic E-state index is 13.0. The number of halogens is 3. The average molecular weight is 343 g/mol. The third kappa shape index (κ3) is 2.31. The van der Waals surface area contributed by atoms with Crippen molar-refractivity contribution in [1.29, 1.82) is 0 Å². The molecule has 1 aliphatic rings. The topological polar surface area (TPSA) is 54.5 Å². The second-order valence-electron chi connectivity index (χ2n) is 3.53. The van der Waals surface area contributed by atoms with Gasteiger partial charge in [-0.3, -0.25) is 4.79 Å². The van der Waals surface area contributed by atoms with Crippen LogP contribution in [0.15, 0.2) is 22.7 Å². The zero-order valence-corrected chi connectivity index (χ0v) is 11.4. The number of carbonyl (C=O) groups is 1. The molecule has 1 aromatic rings. The summed E-state index contributed by atoms with van der Waals surface area (Å²) in [4.78, 5) is 11.2. The summed E-state index contributed by atoms with van der Waals surface area (Å²) < 4.78 is 36.1. The predicted molar refractivity (Wildman–Crippen MR) is 63.1 cm³/mol. The number of β-lactam (4-membered cyclic amide) rings is 1. The van der Waals surface area contributed by atoms with Gasteiger partial charge in [-0.1, -0.05) is 6.07 Å². The van der Waals surface area contributed by atoms with Crippen LogP contribution in [0.1, 0.15) is 18.0 Å². The highest BCUT2D eigenvalue weighted by Gasteiger charge is 2.44. The molecule has 1 atom stereocenters. The van der Waals surface area contributed by atoms with E-state index in [1.54, 1.807) is 0 Å². The van der Waals surface area contributed by atoms with Crippen LogP contribution in [0.25, 0.3) is 0 Å². The predicted octanol–water partition coefficient (Wildman–Crippen LogP) is 2.35. The molecule has 0 radical (unpaired) electrons. The van der Waals surface area contributed by atoms with Gasteiger partial charge in [0.05, 0.1) is 16.9 Å². The summed E-state index contributed by atoms with van der Waals surface area (Å²) in [5.41, 5.74) is 0.516. The first-order valence-corrected chi connectivity index (χ1v) is 7.58. The zero-order valence-electron chi connectivity index (χ0n) is 8.23. The molecular weight excluding hydrogens is 337 g/mol. The highest BCUT2D eigenvalue weighted by molar-refractivity contribution is 9.10. The first-order chi connectivity index (χ1) is 7.80. The van der Waals surface area contributed by atoms with Gasteiger partial charge in [-0.25, -0.2) is 8.70 Å². The van der Waals surface area contributed by atoms with E-state index in [2.05, 4.69) is 15.9 Å². The van der Waals surface area contributed by atoms with Crippen molar-refractivity contribution >= 4 is 41.8 Å². The zero-order chi connectivity index (χ0) is 12.8. The average Bonchev–Trinajstić information content (AvgIpc) is 2.16.